The van der Waals surface area contributed by atoms with Crippen molar-refractivity contribution in [2.45, 2.75) is 25.3 Å². The first-order valence-electron chi connectivity index (χ1n) is 7.51. The van der Waals surface area contributed by atoms with Gasteiger partial charge in [-0.05, 0) is 39.4 Å². The zero-order valence-corrected chi connectivity index (χ0v) is 12.9. The van der Waals surface area contributed by atoms with E-state index in [4.69, 9.17) is 5.26 Å². The molecule has 0 aromatic carbocycles. The van der Waals surface area contributed by atoms with E-state index in [9.17, 15) is 0 Å². The SMILES string of the molecule is CNC(C)(C#N)CCCN1CCN(c2ncccn2)CC1. The molecule has 0 radical (unpaired) electrons. The minimum absolute atomic E-state index is 0.403. The number of rotatable bonds is 6. The van der Waals surface area contributed by atoms with Gasteiger partial charge in [-0.15, -0.1) is 0 Å². The Kier molecular flexibility index (Phi) is 5.48. The van der Waals surface area contributed by atoms with E-state index in [0.717, 1.165) is 51.5 Å². The Morgan fingerprint density at radius 3 is 2.52 bits per heavy atom. The topological polar surface area (TPSA) is 68.1 Å². The van der Waals surface area contributed by atoms with Crippen LogP contribution in [0.3, 0.4) is 0 Å². The second-order valence-electron chi connectivity index (χ2n) is 5.67. The van der Waals surface area contributed by atoms with Gasteiger partial charge in [0.05, 0.1) is 6.07 Å². The van der Waals surface area contributed by atoms with Gasteiger partial charge in [-0.25, -0.2) is 9.97 Å². The standard InChI is InChI=1S/C15H24N6/c1-15(13-16,17-2)5-3-8-20-9-11-21(12-10-20)14-18-6-4-7-19-14/h4,6-7,17H,3,5,8-12H2,1-2H3. The number of nitrogens with zero attached hydrogens (tertiary/aromatic N) is 5. The maximum Gasteiger partial charge on any atom is 0.225 e. The van der Waals surface area contributed by atoms with Crippen LogP contribution in [0.5, 0.6) is 0 Å². The Hall–Kier alpha value is -1.71. The fraction of sp³-hybridized carbons (Fsp3) is 0.667. The summed E-state index contributed by atoms with van der Waals surface area (Å²) in [5, 5.41) is 12.2. The average Bonchev–Trinajstić information content (AvgIpc) is 2.56. The van der Waals surface area contributed by atoms with Gasteiger partial charge in [-0.3, -0.25) is 4.90 Å². The summed E-state index contributed by atoms with van der Waals surface area (Å²) >= 11 is 0. The van der Waals surface area contributed by atoms with Crippen LogP contribution in [0.4, 0.5) is 5.95 Å². The minimum atomic E-state index is -0.403. The Morgan fingerprint density at radius 2 is 1.95 bits per heavy atom. The van der Waals surface area contributed by atoms with Crippen LogP contribution in [0.15, 0.2) is 18.5 Å². The molecule has 1 aromatic rings. The van der Waals surface area contributed by atoms with Crippen LogP contribution >= 0.6 is 0 Å². The molecule has 6 nitrogen and oxygen atoms in total. The highest BCUT2D eigenvalue weighted by Gasteiger charge is 2.22. The predicted octanol–water partition coefficient (Wildman–Crippen LogP) is 0.880. The third-order valence-corrected chi connectivity index (χ3v) is 4.16. The van der Waals surface area contributed by atoms with Gasteiger partial charge in [-0.1, -0.05) is 0 Å². The highest BCUT2D eigenvalue weighted by Crippen LogP contribution is 2.13. The van der Waals surface area contributed by atoms with E-state index in [0.29, 0.717) is 0 Å². The largest absolute Gasteiger partial charge is 0.338 e. The lowest BCUT2D eigenvalue weighted by Gasteiger charge is -2.35. The average molecular weight is 288 g/mol. The van der Waals surface area contributed by atoms with E-state index in [1.54, 1.807) is 12.4 Å². The van der Waals surface area contributed by atoms with Gasteiger partial charge in [0.15, 0.2) is 0 Å². The highest BCUT2D eigenvalue weighted by molar-refractivity contribution is 5.29. The van der Waals surface area contributed by atoms with Crippen LogP contribution < -0.4 is 10.2 Å². The van der Waals surface area contributed by atoms with E-state index in [-0.39, 0.29) is 0 Å². The predicted molar refractivity (Wildman–Crippen MR) is 83.0 cm³/mol. The molecule has 1 aromatic heterocycles. The lowest BCUT2D eigenvalue weighted by Crippen LogP contribution is -2.47. The normalized spacial score (nSPS) is 19.0. The smallest absolute Gasteiger partial charge is 0.225 e. The highest BCUT2D eigenvalue weighted by atomic mass is 15.3. The Labute approximate surface area is 126 Å². The van der Waals surface area contributed by atoms with Gasteiger partial charge >= 0.3 is 0 Å². The molecule has 1 aliphatic rings. The molecule has 1 aliphatic heterocycles. The quantitative estimate of drug-likeness (QED) is 0.838. The Morgan fingerprint density at radius 1 is 1.29 bits per heavy atom. The van der Waals surface area contributed by atoms with Gasteiger partial charge in [0.25, 0.3) is 0 Å². The zero-order chi connectivity index (χ0) is 15.1. The summed E-state index contributed by atoms with van der Waals surface area (Å²) in [7, 11) is 1.85. The zero-order valence-electron chi connectivity index (χ0n) is 12.9. The molecule has 1 saturated heterocycles. The van der Waals surface area contributed by atoms with Crippen LogP contribution in [-0.4, -0.2) is 60.2 Å². The number of nitrogens with one attached hydrogen (secondary N) is 1. The first kappa shape index (κ1) is 15.7. The van der Waals surface area contributed by atoms with Crippen molar-refractivity contribution < 1.29 is 0 Å². The Bertz CT molecular complexity index is 463. The maximum atomic E-state index is 9.14. The number of hydrogen-bond acceptors (Lipinski definition) is 6. The molecule has 0 saturated carbocycles. The van der Waals surface area contributed by atoms with Crippen LogP contribution in [0.25, 0.3) is 0 Å². The molecular weight excluding hydrogens is 264 g/mol. The van der Waals surface area contributed by atoms with Crippen molar-refractivity contribution in [3.05, 3.63) is 18.5 Å². The van der Waals surface area contributed by atoms with Crippen molar-refractivity contribution in [2.75, 3.05) is 44.7 Å². The number of nitriles is 1. The third kappa shape index (κ3) is 4.38. The van der Waals surface area contributed by atoms with Crippen molar-refractivity contribution in [3.63, 3.8) is 0 Å². The van der Waals surface area contributed by atoms with Crippen LogP contribution in [0, 0.1) is 11.3 Å². The lowest BCUT2D eigenvalue weighted by molar-refractivity contribution is 0.244. The van der Waals surface area contributed by atoms with Gasteiger partial charge < -0.3 is 10.2 Å². The number of piperazine rings is 1. The van der Waals surface area contributed by atoms with Crippen molar-refractivity contribution in [1.29, 1.82) is 5.26 Å². The van der Waals surface area contributed by atoms with Crippen LogP contribution in [0.2, 0.25) is 0 Å². The molecule has 2 rings (SSSR count). The molecule has 1 unspecified atom stereocenters. The molecular formula is C15H24N6. The third-order valence-electron chi connectivity index (χ3n) is 4.16. The molecule has 1 fully saturated rings. The van der Waals surface area contributed by atoms with Gasteiger partial charge in [0.1, 0.15) is 5.54 Å². The van der Waals surface area contributed by atoms with Gasteiger partial charge in [0, 0.05) is 38.6 Å². The Balaban J connectivity index is 1.72. The molecule has 6 heteroatoms. The molecule has 0 spiro atoms. The summed E-state index contributed by atoms with van der Waals surface area (Å²) < 4.78 is 0. The van der Waals surface area contributed by atoms with E-state index >= 15 is 0 Å². The fourth-order valence-corrected chi connectivity index (χ4v) is 2.52. The van der Waals surface area contributed by atoms with Crippen LogP contribution in [0.1, 0.15) is 19.8 Å². The first-order chi connectivity index (χ1) is 10.2. The van der Waals surface area contributed by atoms with Crippen molar-refractivity contribution in [2.24, 2.45) is 0 Å². The number of hydrogen-bond donors (Lipinski definition) is 1. The van der Waals surface area contributed by atoms with E-state index in [1.807, 2.05) is 20.0 Å². The second-order valence-corrected chi connectivity index (χ2v) is 5.67. The monoisotopic (exact) mass is 288 g/mol. The van der Waals surface area contributed by atoms with Crippen molar-refractivity contribution >= 4 is 5.95 Å². The van der Waals surface area contributed by atoms with Crippen LogP contribution in [-0.2, 0) is 0 Å². The summed E-state index contributed by atoms with van der Waals surface area (Å²) in [6, 6.07) is 4.18. The molecule has 0 aliphatic carbocycles. The van der Waals surface area contributed by atoms with Crippen molar-refractivity contribution in [1.82, 2.24) is 20.2 Å². The summed E-state index contributed by atoms with van der Waals surface area (Å²) in [5.41, 5.74) is -0.403. The van der Waals surface area contributed by atoms with Gasteiger partial charge in [-0.2, -0.15) is 5.26 Å². The fourth-order valence-electron chi connectivity index (χ4n) is 2.52. The summed E-state index contributed by atoms with van der Waals surface area (Å²) in [5.74, 6) is 0.824. The summed E-state index contributed by atoms with van der Waals surface area (Å²) in [6.45, 7) is 6.99. The van der Waals surface area contributed by atoms with Gasteiger partial charge in [0.2, 0.25) is 5.95 Å². The molecule has 21 heavy (non-hydrogen) atoms. The summed E-state index contributed by atoms with van der Waals surface area (Å²) in [4.78, 5) is 13.3. The molecule has 114 valence electrons. The number of anilines is 1. The lowest BCUT2D eigenvalue weighted by atomic mass is 9.98. The first-order valence-corrected chi connectivity index (χ1v) is 7.51. The second kappa shape index (κ2) is 7.34. The van der Waals surface area contributed by atoms with Crippen molar-refractivity contribution in [3.8, 4) is 6.07 Å². The molecule has 1 N–H and O–H groups in total. The maximum absolute atomic E-state index is 9.14. The number of aromatic nitrogens is 2. The van der Waals surface area contributed by atoms with E-state index in [1.165, 1.54) is 0 Å². The molecule has 0 bridgehead atoms. The molecule has 2 heterocycles. The molecule has 1 atom stereocenters. The van der Waals surface area contributed by atoms with E-state index in [2.05, 4.69) is 31.2 Å². The van der Waals surface area contributed by atoms with E-state index < -0.39 is 5.54 Å². The minimum Gasteiger partial charge on any atom is -0.338 e. The molecule has 0 amide bonds. The summed E-state index contributed by atoms with van der Waals surface area (Å²) in [6.07, 6.45) is 5.49.